The van der Waals surface area contributed by atoms with Gasteiger partial charge in [-0.2, -0.15) is 5.26 Å². The van der Waals surface area contributed by atoms with Gasteiger partial charge in [0.1, 0.15) is 11.1 Å². The lowest BCUT2D eigenvalue weighted by Crippen LogP contribution is -1.82. The number of rotatable bonds is 4. The minimum absolute atomic E-state index is 0.563. The largest absolute Gasteiger partial charge is 0.235 e. The first-order valence-electron chi connectivity index (χ1n) is 7.31. The van der Waals surface area contributed by atoms with Gasteiger partial charge in [-0.05, 0) is 23.8 Å². The molecule has 0 saturated carbocycles. The number of halogens is 1. The van der Waals surface area contributed by atoms with Crippen molar-refractivity contribution < 1.29 is 0 Å². The smallest absolute Gasteiger partial charge is 0.134 e. The fourth-order valence-electron chi connectivity index (χ4n) is 2.15. The van der Waals surface area contributed by atoms with Crippen LogP contribution in [0.3, 0.4) is 0 Å². The Hall–Kier alpha value is -2.48. The highest BCUT2D eigenvalue weighted by Gasteiger charge is 2.08. The Balaban J connectivity index is 1.83. The summed E-state index contributed by atoms with van der Waals surface area (Å²) in [5.74, 6) is 0. The molecular formula is C20H13BrN2S. The van der Waals surface area contributed by atoms with Gasteiger partial charge in [0.2, 0.25) is 0 Å². The maximum Gasteiger partial charge on any atom is 0.134 e. The Bertz CT molecular complexity index is 934. The van der Waals surface area contributed by atoms with E-state index in [1.807, 2.05) is 72.1 Å². The van der Waals surface area contributed by atoms with Crippen LogP contribution in [0.4, 0.5) is 0 Å². The molecule has 0 bridgehead atoms. The highest BCUT2D eigenvalue weighted by atomic mass is 79.9. The van der Waals surface area contributed by atoms with Crippen LogP contribution in [0, 0.1) is 11.3 Å². The maximum atomic E-state index is 9.41. The molecule has 0 saturated heterocycles. The molecule has 0 spiro atoms. The minimum atomic E-state index is 0.563. The SMILES string of the molecule is N#C/C(=C/C=C/c1ccccc1)c1nc(-c2cccc(Br)c2)cs1. The van der Waals surface area contributed by atoms with Gasteiger partial charge in [0, 0.05) is 15.4 Å². The Morgan fingerprint density at radius 3 is 2.71 bits per heavy atom. The predicted molar refractivity (Wildman–Crippen MR) is 104 cm³/mol. The lowest BCUT2D eigenvalue weighted by Gasteiger charge is -1.97. The molecule has 0 radical (unpaired) electrons. The summed E-state index contributed by atoms with van der Waals surface area (Å²) in [6, 6.07) is 20.2. The van der Waals surface area contributed by atoms with Gasteiger partial charge in [-0.15, -0.1) is 11.3 Å². The highest BCUT2D eigenvalue weighted by molar-refractivity contribution is 9.10. The average Bonchev–Trinajstić information content (AvgIpc) is 3.09. The number of aromatic nitrogens is 1. The van der Waals surface area contributed by atoms with Gasteiger partial charge in [-0.25, -0.2) is 4.98 Å². The van der Waals surface area contributed by atoms with Crippen molar-refractivity contribution in [2.75, 3.05) is 0 Å². The maximum absolute atomic E-state index is 9.41. The summed E-state index contributed by atoms with van der Waals surface area (Å²) in [5.41, 5.74) is 3.57. The number of hydrogen-bond acceptors (Lipinski definition) is 3. The fraction of sp³-hybridized carbons (Fsp3) is 0. The van der Waals surface area contributed by atoms with Crippen molar-refractivity contribution in [2.45, 2.75) is 0 Å². The third kappa shape index (κ3) is 4.08. The summed E-state index contributed by atoms with van der Waals surface area (Å²) in [5, 5.41) is 12.1. The van der Waals surface area contributed by atoms with E-state index < -0.39 is 0 Å². The molecule has 0 unspecified atom stereocenters. The van der Waals surface area contributed by atoms with Crippen LogP contribution in [0.2, 0.25) is 0 Å². The summed E-state index contributed by atoms with van der Waals surface area (Å²) in [6.45, 7) is 0. The number of thiazole rings is 1. The van der Waals surface area contributed by atoms with E-state index >= 15 is 0 Å². The van der Waals surface area contributed by atoms with Crippen molar-refractivity contribution in [3.05, 3.63) is 87.2 Å². The summed E-state index contributed by atoms with van der Waals surface area (Å²) in [6.07, 6.45) is 5.66. The van der Waals surface area contributed by atoms with Gasteiger partial charge in [0.25, 0.3) is 0 Å². The first kappa shape index (κ1) is 16.4. The molecule has 2 nitrogen and oxygen atoms in total. The standard InChI is InChI=1S/C20H13BrN2S/c21-18-11-5-9-16(12-18)19-14-24-20(23-19)17(13-22)10-4-8-15-6-2-1-3-7-15/h1-12,14H/b8-4+,17-10-. The van der Waals surface area contributed by atoms with Crippen LogP contribution in [0.1, 0.15) is 10.6 Å². The van der Waals surface area contributed by atoms with E-state index in [0.717, 1.165) is 26.3 Å². The van der Waals surface area contributed by atoms with E-state index in [1.165, 1.54) is 11.3 Å². The first-order valence-corrected chi connectivity index (χ1v) is 8.99. The molecule has 24 heavy (non-hydrogen) atoms. The minimum Gasteiger partial charge on any atom is -0.235 e. The van der Waals surface area contributed by atoms with Gasteiger partial charge in [-0.3, -0.25) is 0 Å². The van der Waals surface area contributed by atoms with Gasteiger partial charge >= 0.3 is 0 Å². The van der Waals surface area contributed by atoms with Gasteiger partial charge in [-0.1, -0.05) is 70.5 Å². The van der Waals surface area contributed by atoms with Crippen molar-refractivity contribution in [3.63, 3.8) is 0 Å². The molecular weight excluding hydrogens is 380 g/mol. The normalized spacial score (nSPS) is 11.6. The molecule has 116 valence electrons. The number of hydrogen-bond donors (Lipinski definition) is 0. The summed E-state index contributed by atoms with van der Waals surface area (Å²) >= 11 is 4.95. The monoisotopic (exact) mass is 392 g/mol. The van der Waals surface area contributed by atoms with Crippen LogP contribution in [0.5, 0.6) is 0 Å². The summed E-state index contributed by atoms with van der Waals surface area (Å²) in [4.78, 5) is 4.59. The molecule has 0 aliphatic rings. The number of nitrogens with zero attached hydrogens (tertiary/aromatic N) is 2. The Kier molecular flexibility index (Phi) is 5.37. The molecule has 0 aliphatic heterocycles. The van der Waals surface area contributed by atoms with Gasteiger partial charge < -0.3 is 0 Å². The highest BCUT2D eigenvalue weighted by Crippen LogP contribution is 2.27. The van der Waals surface area contributed by atoms with Crippen molar-refractivity contribution in [1.82, 2.24) is 4.98 Å². The Morgan fingerprint density at radius 1 is 1.12 bits per heavy atom. The molecule has 2 aromatic carbocycles. The third-order valence-corrected chi connectivity index (χ3v) is 4.70. The van der Waals surface area contributed by atoms with E-state index in [0.29, 0.717) is 5.57 Å². The van der Waals surface area contributed by atoms with Crippen LogP contribution in [-0.2, 0) is 0 Å². The van der Waals surface area contributed by atoms with Crippen LogP contribution in [-0.4, -0.2) is 4.98 Å². The van der Waals surface area contributed by atoms with Crippen molar-refractivity contribution in [1.29, 1.82) is 5.26 Å². The average molecular weight is 393 g/mol. The molecule has 3 rings (SSSR count). The van der Waals surface area contributed by atoms with Crippen LogP contribution >= 0.6 is 27.3 Å². The summed E-state index contributed by atoms with van der Waals surface area (Å²) < 4.78 is 1.01. The number of benzene rings is 2. The molecule has 1 aromatic heterocycles. The number of nitriles is 1. The van der Waals surface area contributed by atoms with Gasteiger partial charge in [0.05, 0.1) is 11.3 Å². The second-order valence-corrected chi connectivity index (χ2v) is 6.78. The molecule has 0 atom stereocenters. The fourth-order valence-corrected chi connectivity index (χ4v) is 3.36. The third-order valence-electron chi connectivity index (χ3n) is 3.33. The Labute approximate surface area is 153 Å². The summed E-state index contributed by atoms with van der Waals surface area (Å²) in [7, 11) is 0. The zero-order valence-corrected chi connectivity index (χ0v) is 15.1. The zero-order chi connectivity index (χ0) is 16.8. The van der Waals surface area contributed by atoms with Crippen molar-refractivity contribution >= 4 is 38.9 Å². The lowest BCUT2D eigenvalue weighted by atomic mass is 10.2. The predicted octanol–water partition coefficient (Wildman–Crippen LogP) is 6.19. The second-order valence-electron chi connectivity index (χ2n) is 5.01. The van der Waals surface area contributed by atoms with Crippen LogP contribution < -0.4 is 0 Å². The molecule has 0 fully saturated rings. The topological polar surface area (TPSA) is 36.7 Å². The molecule has 4 heteroatoms. The van der Waals surface area contributed by atoms with E-state index in [2.05, 4.69) is 27.0 Å². The second kappa shape index (κ2) is 7.87. The first-order chi connectivity index (χ1) is 11.8. The van der Waals surface area contributed by atoms with E-state index in [-0.39, 0.29) is 0 Å². The van der Waals surface area contributed by atoms with E-state index in [9.17, 15) is 5.26 Å². The molecule has 3 aromatic rings. The number of allylic oxidation sites excluding steroid dienone is 3. The Morgan fingerprint density at radius 2 is 1.96 bits per heavy atom. The molecule has 1 heterocycles. The van der Waals surface area contributed by atoms with E-state index in [4.69, 9.17) is 0 Å². The van der Waals surface area contributed by atoms with Crippen LogP contribution in [0.15, 0.2) is 76.6 Å². The lowest BCUT2D eigenvalue weighted by molar-refractivity contribution is 1.36. The molecule has 0 amide bonds. The van der Waals surface area contributed by atoms with Gasteiger partial charge in [0.15, 0.2) is 0 Å². The molecule has 0 aliphatic carbocycles. The molecule has 0 N–H and O–H groups in total. The van der Waals surface area contributed by atoms with Crippen molar-refractivity contribution in [3.8, 4) is 17.3 Å². The van der Waals surface area contributed by atoms with Crippen LogP contribution in [0.25, 0.3) is 22.9 Å². The van der Waals surface area contributed by atoms with E-state index in [1.54, 1.807) is 6.08 Å². The zero-order valence-electron chi connectivity index (χ0n) is 12.7. The quantitative estimate of drug-likeness (QED) is 0.391. The van der Waals surface area contributed by atoms with Crippen molar-refractivity contribution in [2.24, 2.45) is 0 Å².